The Balaban J connectivity index is 2.05. The van der Waals surface area contributed by atoms with Crippen LogP contribution >= 0.6 is 11.8 Å². The molecule has 1 atom stereocenters. The number of thioether (sulfide) groups is 1. The van der Waals surface area contributed by atoms with Gasteiger partial charge in [0.1, 0.15) is 0 Å². The number of benzene rings is 1. The molecule has 1 amide bonds. The Morgan fingerprint density at radius 3 is 2.75 bits per heavy atom. The van der Waals surface area contributed by atoms with Crippen LogP contribution in [-0.2, 0) is 17.9 Å². The first-order valence-electron chi connectivity index (χ1n) is 6.41. The summed E-state index contributed by atoms with van der Waals surface area (Å²) in [7, 11) is 0. The van der Waals surface area contributed by atoms with Gasteiger partial charge in [0.05, 0.1) is 11.6 Å². The van der Waals surface area contributed by atoms with Crippen LogP contribution in [0.5, 0.6) is 0 Å². The van der Waals surface area contributed by atoms with Gasteiger partial charge in [0.15, 0.2) is 0 Å². The van der Waals surface area contributed by atoms with E-state index < -0.39 is 12.0 Å². The average molecular weight is 294 g/mol. The third kappa shape index (κ3) is 3.13. The first kappa shape index (κ1) is 14.9. The maximum Gasteiger partial charge on any atom is 0.335 e. The second-order valence-corrected chi connectivity index (χ2v) is 5.86. The van der Waals surface area contributed by atoms with E-state index in [1.54, 1.807) is 34.9 Å². The van der Waals surface area contributed by atoms with Crippen molar-refractivity contribution in [3.8, 4) is 0 Å². The number of carboxylic acids is 1. The third-order valence-corrected chi connectivity index (χ3v) is 4.08. The van der Waals surface area contributed by atoms with Crippen LogP contribution < -0.4 is 5.73 Å². The number of amides is 1. The summed E-state index contributed by atoms with van der Waals surface area (Å²) < 4.78 is 0. The van der Waals surface area contributed by atoms with Crippen LogP contribution in [0.15, 0.2) is 18.2 Å². The van der Waals surface area contributed by atoms with E-state index in [0.717, 1.165) is 16.9 Å². The van der Waals surface area contributed by atoms with Crippen molar-refractivity contribution in [3.05, 3.63) is 34.9 Å². The quantitative estimate of drug-likeness (QED) is 0.855. The minimum Gasteiger partial charge on any atom is -0.478 e. The van der Waals surface area contributed by atoms with Gasteiger partial charge in [-0.2, -0.15) is 11.8 Å². The molecule has 1 aromatic rings. The molecule has 1 aliphatic heterocycles. The van der Waals surface area contributed by atoms with Crippen molar-refractivity contribution in [2.24, 2.45) is 5.73 Å². The van der Waals surface area contributed by atoms with Crippen molar-refractivity contribution in [1.29, 1.82) is 0 Å². The number of carbonyl (C=O) groups excluding carboxylic acids is 1. The van der Waals surface area contributed by atoms with E-state index in [4.69, 9.17) is 10.8 Å². The number of hydrogen-bond donors (Lipinski definition) is 2. The Morgan fingerprint density at radius 2 is 2.10 bits per heavy atom. The highest BCUT2D eigenvalue weighted by Crippen LogP contribution is 2.24. The number of aromatic carboxylic acids is 1. The van der Waals surface area contributed by atoms with Crippen molar-refractivity contribution < 1.29 is 14.7 Å². The fraction of sp³-hybridized carbons (Fsp3) is 0.429. The average Bonchev–Trinajstić information content (AvgIpc) is 2.86. The molecule has 1 aromatic carbocycles. The predicted molar refractivity (Wildman–Crippen MR) is 78.6 cm³/mol. The third-order valence-electron chi connectivity index (χ3n) is 3.44. The van der Waals surface area contributed by atoms with Gasteiger partial charge < -0.3 is 15.7 Å². The lowest BCUT2D eigenvalue weighted by molar-refractivity contribution is -0.133. The molecule has 0 radical (unpaired) electrons. The summed E-state index contributed by atoms with van der Waals surface area (Å²) in [5.74, 6) is -0.155. The summed E-state index contributed by atoms with van der Waals surface area (Å²) >= 11 is 1.67. The van der Waals surface area contributed by atoms with Crippen LogP contribution in [0.2, 0.25) is 0 Å². The Labute approximate surface area is 122 Å². The van der Waals surface area contributed by atoms with E-state index in [1.807, 2.05) is 6.26 Å². The summed E-state index contributed by atoms with van der Waals surface area (Å²) in [5, 5.41) is 8.97. The van der Waals surface area contributed by atoms with Gasteiger partial charge in [-0.1, -0.05) is 6.07 Å². The number of rotatable bonds is 5. The first-order valence-corrected chi connectivity index (χ1v) is 7.80. The van der Waals surface area contributed by atoms with Crippen molar-refractivity contribution in [1.82, 2.24) is 4.90 Å². The zero-order chi connectivity index (χ0) is 14.7. The fourth-order valence-corrected chi connectivity index (χ4v) is 2.78. The van der Waals surface area contributed by atoms with E-state index in [-0.39, 0.29) is 11.5 Å². The smallest absolute Gasteiger partial charge is 0.335 e. The number of nitrogens with two attached hydrogens (primary N) is 1. The molecular weight excluding hydrogens is 276 g/mol. The molecule has 6 heteroatoms. The lowest BCUT2D eigenvalue weighted by atomic mass is 10.1. The zero-order valence-corrected chi connectivity index (χ0v) is 12.2. The van der Waals surface area contributed by atoms with Gasteiger partial charge in [0.2, 0.25) is 5.91 Å². The Morgan fingerprint density at radius 1 is 1.40 bits per heavy atom. The van der Waals surface area contributed by atoms with E-state index in [9.17, 15) is 9.59 Å². The number of fused-ring (bicyclic) bond motifs is 1. The van der Waals surface area contributed by atoms with Gasteiger partial charge in [-0.25, -0.2) is 4.79 Å². The van der Waals surface area contributed by atoms with Crippen LogP contribution in [0.4, 0.5) is 0 Å². The van der Waals surface area contributed by atoms with E-state index in [0.29, 0.717) is 19.5 Å². The lowest BCUT2D eigenvalue weighted by Gasteiger charge is -2.20. The Hall–Kier alpha value is -1.53. The van der Waals surface area contributed by atoms with Crippen molar-refractivity contribution >= 4 is 23.6 Å². The second kappa shape index (κ2) is 6.28. The lowest BCUT2D eigenvalue weighted by Crippen LogP contribution is -2.41. The molecule has 0 saturated carbocycles. The van der Waals surface area contributed by atoms with Crippen LogP contribution in [0.1, 0.15) is 27.9 Å². The molecule has 0 aromatic heterocycles. The molecule has 3 N–H and O–H groups in total. The summed E-state index contributed by atoms with van der Waals surface area (Å²) in [6, 6.07) is 4.51. The number of carbonyl (C=O) groups is 2. The molecule has 108 valence electrons. The van der Waals surface area contributed by atoms with E-state index in [1.165, 1.54) is 0 Å². The van der Waals surface area contributed by atoms with Gasteiger partial charge >= 0.3 is 5.97 Å². The standard InChI is InChI=1S/C14H18N2O3S/c1-20-5-4-12(15)13(17)16-7-10-3-2-9(14(18)19)6-11(10)8-16/h2-3,6,12H,4-5,7-8,15H2,1H3,(H,18,19)/t12-/m0/s1. The SMILES string of the molecule is CSCC[C@H](N)C(=O)N1Cc2ccc(C(=O)O)cc2C1. The molecule has 0 unspecified atom stereocenters. The monoisotopic (exact) mass is 294 g/mol. The Kier molecular flexibility index (Phi) is 4.67. The molecule has 0 fully saturated rings. The molecule has 0 spiro atoms. The highest BCUT2D eigenvalue weighted by atomic mass is 32.2. The molecule has 2 rings (SSSR count). The van der Waals surface area contributed by atoms with Crippen LogP contribution in [0.3, 0.4) is 0 Å². The zero-order valence-electron chi connectivity index (χ0n) is 11.3. The van der Waals surface area contributed by atoms with Crippen LogP contribution in [-0.4, -0.2) is 39.9 Å². The molecular formula is C14H18N2O3S. The molecule has 5 nitrogen and oxygen atoms in total. The minimum atomic E-state index is -0.950. The first-order chi connectivity index (χ1) is 9.52. The van der Waals surface area contributed by atoms with E-state index in [2.05, 4.69) is 0 Å². The van der Waals surface area contributed by atoms with Gasteiger partial charge in [-0.3, -0.25) is 4.79 Å². The molecule has 0 saturated heterocycles. The van der Waals surface area contributed by atoms with Crippen LogP contribution in [0.25, 0.3) is 0 Å². The maximum absolute atomic E-state index is 12.2. The molecule has 1 heterocycles. The van der Waals surface area contributed by atoms with Crippen molar-refractivity contribution in [3.63, 3.8) is 0 Å². The van der Waals surface area contributed by atoms with Crippen molar-refractivity contribution in [2.45, 2.75) is 25.6 Å². The van der Waals surface area contributed by atoms with Gasteiger partial charge in [-0.15, -0.1) is 0 Å². The van der Waals surface area contributed by atoms with Crippen molar-refractivity contribution in [2.75, 3.05) is 12.0 Å². The summed E-state index contributed by atoms with van der Waals surface area (Å²) in [4.78, 5) is 24.8. The number of carboxylic acid groups (broad SMARTS) is 1. The predicted octanol–water partition coefficient (Wildman–Crippen LogP) is 1.31. The fourth-order valence-electron chi connectivity index (χ4n) is 2.29. The normalized spacial score (nSPS) is 15.0. The largest absolute Gasteiger partial charge is 0.478 e. The van der Waals surface area contributed by atoms with E-state index >= 15 is 0 Å². The Bertz CT molecular complexity index is 533. The molecule has 20 heavy (non-hydrogen) atoms. The molecule has 1 aliphatic rings. The van der Waals surface area contributed by atoms with Gasteiger partial charge in [-0.05, 0) is 41.7 Å². The van der Waals surface area contributed by atoms with Gasteiger partial charge in [0, 0.05) is 13.1 Å². The highest BCUT2D eigenvalue weighted by molar-refractivity contribution is 7.98. The van der Waals surface area contributed by atoms with Crippen LogP contribution in [0, 0.1) is 0 Å². The summed E-state index contributed by atoms with van der Waals surface area (Å²) in [6.45, 7) is 0.962. The summed E-state index contributed by atoms with van der Waals surface area (Å²) in [5.41, 5.74) is 8.05. The molecule has 0 aliphatic carbocycles. The van der Waals surface area contributed by atoms with Gasteiger partial charge in [0.25, 0.3) is 0 Å². The highest BCUT2D eigenvalue weighted by Gasteiger charge is 2.27. The summed E-state index contributed by atoms with van der Waals surface area (Å²) in [6.07, 6.45) is 2.64. The number of nitrogens with zero attached hydrogens (tertiary/aromatic N) is 1. The number of hydrogen-bond acceptors (Lipinski definition) is 4. The topological polar surface area (TPSA) is 83.6 Å². The molecule has 0 bridgehead atoms. The maximum atomic E-state index is 12.2. The second-order valence-electron chi connectivity index (χ2n) is 4.87. The minimum absolute atomic E-state index is 0.0628.